The predicted molar refractivity (Wildman–Crippen MR) is 65.7 cm³/mol. The van der Waals surface area contributed by atoms with E-state index in [1.54, 1.807) is 7.11 Å². The van der Waals surface area contributed by atoms with Gasteiger partial charge in [0.2, 0.25) is 0 Å². The summed E-state index contributed by atoms with van der Waals surface area (Å²) in [6, 6.07) is 0.417. The maximum Gasteiger partial charge on any atom is 0.0826 e. The van der Waals surface area contributed by atoms with Crippen molar-refractivity contribution in [3.8, 4) is 0 Å². The van der Waals surface area contributed by atoms with Crippen molar-refractivity contribution in [3.63, 3.8) is 0 Å². The largest absolute Gasteiger partial charge is 0.383 e. The highest BCUT2D eigenvalue weighted by molar-refractivity contribution is 4.76. The maximum absolute atomic E-state index is 5.71. The fourth-order valence-electron chi connectivity index (χ4n) is 1.94. The van der Waals surface area contributed by atoms with Crippen LogP contribution in [0.15, 0.2) is 0 Å². The highest BCUT2D eigenvalue weighted by atomic mass is 16.5. The SMILES string of the molecule is COCC(NCC1CN(C)CCO1)C(C)C. The number of likely N-dealkylation sites (N-methyl/N-ethyl adjacent to an activating group) is 1. The Hall–Kier alpha value is -0.160. The molecule has 1 heterocycles. The topological polar surface area (TPSA) is 33.7 Å². The summed E-state index contributed by atoms with van der Waals surface area (Å²) >= 11 is 0. The summed E-state index contributed by atoms with van der Waals surface area (Å²) < 4.78 is 10.9. The first-order valence-corrected chi connectivity index (χ1v) is 6.16. The smallest absolute Gasteiger partial charge is 0.0826 e. The summed E-state index contributed by atoms with van der Waals surface area (Å²) in [6.45, 7) is 9.01. The van der Waals surface area contributed by atoms with Crippen LogP contribution in [0.2, 0.25) is 0 Å². The molecule has 0 aliphatic carbocycles. The van der Waals surface area contributed by atoms with Gasteiger partial charge in [-0.3, -0.25) is 0 Å². The lowest BCUT2D eigenvalue weighted by Crippen LogP contribution is -2.48. The van der Waals surface area contributed by atoms with Gasteiger partial charge in [-0.05, 0) is 13.0 Å². The molecule has 0 saturated carbocycles. The van der Waals surface area contributed by atoms with E-state index in [1.807, 2.05) is 0 Å². The van der Waals surface area contributed by atoms with E-state index in [1.165, 1.54) is 0 Å². The van der Waals surface area contributed by atoms with E-state index in [-0.39, 0.29) is 0 Å². The third kappa shape index (κ3) is 4.78. The molecule has 1 N–H and O–H groups in total. The van der Waals surface area contributed by atoms with Gasteiger partial charge in [0.15, 0.2) is 0 Å². The van der Waals surface area contributed by atoms with Crippen LogP contribution in [0.25, 0.3) is 0 Å². The van der Waals surface area contributed by atoms with Gasteiger partial charge >= 0.3 is 0 Å². The standard InChI is InChI=1S/C12H26N2O2/c1-10(2)12(9-15-4)13-7-11-8-14(3)5-6-16-11/h10-13H,5-9H2,1-4H3. The molecule has 1 rings (SSSR count). The van der Waals surface area contributed by atoms with E-state index < -0.39 is 0 Å². The fraction of sp³-hybridized carbons (Fsp3) is 1.00. The van der Waals surface area contributed by atoms with Crippen LogP contribution in [0.1, 0.15) is 13.8 Å². The molecule has 16 heavy (non-hydrogen) atoms. The molecule has 4 nitrogen and oxygen atoms in total. The first-order valence-electron chi connectivity index (χ1n) is 6.16. The molecule has 96 valence electrons. The van der Waals surface area contributed by atoms with E-state index in [0.29, 0.717) is 18.1 Å². The predicted octanol–water partition coefficient (Wildman–Crippen LogP) is 0.578. The molecule has 1 aliphatic rings. The van der Waals surface area contributed by atoms with Crippen molar-refractivity contribution in [2.75, 3.05) is 47.0 Å². The Morgan fingerprint density at radius 1 is 1.50 bits per heavy atom. The molecule has 1 saturated heterocycles. The van der Waals surface area contributed by atoms with E-state index >= 15 is 0 Å². The first kappa shape index (κ1) is 13.9. The number of nitrogens with zero attached hydrogens (tertiary/aromatic N) is 1. The van der Waals surface area contributed by atoms with Crippen LogP contribution in [0.5, 0.6) is 0 Å². The Balaban J connectivity index is 2.25. The fourth-order valence-corrected chi connectivity index (χ4v) is 1.94. The summed E-state index contributed by atoms with van der Waals surface area (Å²) in [5, 5.41) is 3.53. The van der Waals surface area contributed by atoms with Crippen LogP contribution >= 0.6 is 0 Å². The monoisotopic (exact) mass is 230 g/mol. The van der Waals surface area contributed by atoms with Crippen molar-refractivity contribution >= 4 is 0 Å². The van der Waals surface area contributed by atoms with Crippen molar-refractivity contribution in [3.05, 3.63) is 0 Å². The zero-order chi connectivity index (χ0) is 12.0. The zero-order valence-electron chi connectivity index (χ0n) is 11.0. The molecule has 0 aromatic rings. The lowest BCUT2D eigenvalue weighted by atomic mass is 10.1. The number of rotatable bonds is 6. The average Bonchev–Trinajstić information content (AvgIpc) is 2.24. The summed E-state index contributed by atoms with van der Waals surface area (Å²) in [6.07, 6.45) is 0.317. The second-order valence-electron chi connectivity index (χ2n) is 4.97. The van der Waals surface area contributed by atoms with Crippen molar-refractivity contribution < 1.29 is 9.47 Å². The number of hydrogen-bond acceptors (Lipinski definition) is 4. The zero-order valence-corrected chi connectivity index (χ0v) is 11.0. The van der Waals surface area contributed by atoms with Crippen LogP contribution in [0.3, 0.4) is 0 Å². The molecule has 0 aromatic heterocycles. The first-order chi connectivity index (χ1) is 7.63. The molecule has 1 fully saturated rings. The molecule has 2 atom stereocenters. The van der Waals surface area contributed by atoms with E-state index in [0.717, 1.165) is 32.8 Å². The van der Waals surface area contributed by atoms with Crippen LogP contribution in [0, 0.1) is 5.92 Å². The van der Waals surface area contributed by atoms with Crippen LogP contribution in [-0.4, -0.2) is 64.1 Å². The second-order valence-corrected chi connectivity index (χ2v) is 4.97. The Kier molecular flexibility index (Phi) is 6.28. The summed E-state index contributed by atoms with van der Waals surface area (Å²) in [5.41, 5.74) is 0. The van der Waals surface area contributed by atoms with E-state index in [9.17, 15) is 0 Å². The molecule has 0 aromatic carbocycles. The van der Waals surface area contributed by atoms with Gasteiger partial charge in [0.25, 0.3) is 0 Å². The van der Waals surface area contributed by atoms with Gasteiger partial charge in [0.05, 0.1) is 19.3 Å². The molecular weight excluding hydrogens is 204 g/mol. The summed E-state index contributed by atoms with van der Waals surface area (Å²) in [4.78, 5) is 2.32. The van der Waals surface area contributed by atoms with Crippen molar-refractivity contribution in [1.29, 1.82) is 0 Å². The number of hydrogen-bond donors (Lipinski definition) is 1. The highest BCUT2D eigenvalue weighted by Gasteiger charge is 2.20. The lowest BCUT2D eigenvalue weighted by Gasteiger charge is -2.32. The molecule has 0 amide bonds. The Morgan fingerprint density at radius 3 is 2.81 bits per heavy atom. The van der Waals surface area contributed by atoms with Gasteiger partial charge in [0.1, 0.15) is 0 Å². The number of morpholine rings is 1. The average molecular weight is 230 g/mol. The second kappa shape index (κ2) is 7.22. The normalized spacial score (nSPS) is 24.9. The molecule has 2 unspecified atom stereocenters. The Bertz CT molecular complexity index is 188. The minimum absolute atomic E-state index is 0.317. The third-order valence-electron chi connectivity index (χ3n) is 3.10. The minimum Gasteiger partial charge on any atom is -0.383 e. The van der Waals surface area contributed by atoms with Gasteiger partial charge in [-0.15, -0.1) is 0 Å². The number of methoxy groups -OCH3 is 1. The molecule has 4 heteroatoms. The third-order valence-corrected chi connectivity index (χ3v) is 3.10. The minimum atomic E-state index is 0.317. The Morgan fingerprint density at radius 2 is 2.25 bits per heavy atom. The van der Waals surface area contributed by atoms with Gasteiger partial charge in [-0.2, -0.15) is 0 Å². The van der Waals surface area contributed by atoms with Gasteiger partial charge in [-0.25, -0.2) is 0 Å². The Labute approximate surface area is 99.3 Å². The van der Waals surface area contributed by atoms with Crippen molar-refractivity contribution in [1.82, 2.24) is 10.2 Å². The van der Waals surface area contributed by atoms with Crippen LogP contribution in [-0.2, 0) is 9.47 Å². The highest BCUT2D eigenvalue weighted by Crippen LogP contribution is 2.05. The summed E-state index contributed by atoms with van der Waals surface area (Å²) in [5.74, 6) is 0.585. The molecule has 0 radical (unpaired) electrons. The maximum atomic E-state index is 5.71. The van der Waals surface area contributed by atoms with Gasteiger partial charge < -0.3 is 19.7 Å². The van der Waals surface area contributed by atoms with Crippen LogP contribution in [0.4, 0.5) is 0 Å². The summed E-state index contributed by atoms with van der Waals surface area (Å²) in [7, 11) is 3.90. The van der Waals surface area contributed by atoms with Crippen molar-refractivity contribution in [2.24, 2.45) is 5.92 Å². The quantitative estimate of drug-likeness (QED) is 0.723. The number of ether oxygens (including phenoxy) is 2. The molecular formula is C12H26N2O2. The van der Waals surface area contributed by atoms with Gasteiger partial charge in [0, 0.05) is 32.8 Å². The number of nitrogens with one attached hydrogen (secondary N) is 1. The van der Waals surface area contributed by atoms with E-state index in [4.69, 9.17) is 9.47 Å². The molecule has 0 spiro atoms. The molecule has 0 bridgehead atoms. The van der Waals surface area contributed by atoms with E-state index in [2.05, 4.69) is 31.1 Å². The lowest BCUT2D eigenvalue weighted by molar-refractivity contribution is -0.0212. The van der Waals surface area contributed by atoms with Crippen molar-refractivity contribution in [2.45, 2.75) is 26.0 Å². The van der Waals surface area contributed by atoms with Gasteiger partial charge in [-0.1, -0.05) is 13.8 Å². The molecule has 1 aliphatic heterocycles. The van der Waals surface area contributed by atoms with Crippen LogP contribution < -0.4 is 5.32 Å².